The van der Waals surface area contributed by atoms with E-state index in [2.05, 4.69) is 0 Å². The van der Waals surface area contributed by atoms with E-state index in [-0.39, 0.29) is 5.91 Å². The lowest BCUT2D eigenvalue weighted by molar-refractivity contribution is 0.0699. The molecule has 1 atom stereocenters. The lowest BCUT2D eigenvalue weighted by Crippen LogP contribution is -2.40. The molecule has 0 bridgehead atoms. The minimum atomic E-state index is -0.926. The largest absolute Gasteiger partial charge is 0.493 e. The van der Waals surface area contributed by atoms with Crippen LogP contribution in [0.1, 0.15) is 32.4 Å². The van der Waals surface area contributed by atoms with Crippen LogP contribution in [-0.2, 0) is 6.42 Å². The van der Waals surface area contributed by atoms with Gasteiger partial charge in [0.15, 0.2) is 23.1 Å². The molecule has 5 rings (SSSR count). The van der Waals surface area contributed by atoms with Gasteiger partial charge >= 0.3 is 0 Å². The van der Waals surface area contributed by atoms with E-state index in [0.29, 0.717) is 44.8 Å². The van der Waals surface area contributed by atoms with Gasteiger partial charge in [-0.05, 0) is 71.1 Å². The summed E-state index contributed by atoms with van der Waals surface area (Å²) >= 11 is 7.87. The smallest absolute Gasteiger partial charge is 0.264 e. The molecule has 3 aromatic carbocycles. The fraction of sp³-hybridized carbons (Fsp3) is 0.179. The first kappa shape index (κ1) is 24.3. The first-order valence-electron chi connectivity index (χ1n) is 11.3. The Morgan fingerprint density at radius 3 is 2.42 bits per heavy atom. The molecule has 4 nitrogen and oxygen atoms in total. The lowest BCUT2D eigenvalue weighted by atomic mass is 9.87. The maximum Gasteiger partial charge on any atom is 0.264 e. The van der Waals surface area contributed by atoms with Crippen molar-refractivity contribution in [2.75, 3.05) is 20.8 Å². The zero-order valence-electron chi connectivity index (χ0n) is 19.6. The Labute approximate surface area is 216 Å². The normalized spacial score (nSPS) is 14.9. The van der Waals surface area contributed by atoms with Crippen molar-refractivity contribution in [2.24, 2.45) is 0 Å². The van der Waals surface area contributed by atoms with Crippen LogP contribution >= 0.6 is 22.9 Å². The van der Waals surface area contributed by atoms with Gasteiger partial charge in [-0.2, -0.15) is 0 Å². The van der Waals surface area contributed by atoms with Crippen molar-refractivity contribution in [3.05, 3.63) is 105 Å². The molecule has 0 N–H and O–H groups in total. The predicted molar refractivity (Wildman–Crippen MR) is 137 cm³/mol. The van der Waals surface area contributed by atoms with Crippen molar-refractivity contribution in [1.29, 1.82) is 0 Å². The number of carbonyl (C=O) groups excluding carboxylic acids is 1. The molecular weight excluding hydrogens is 504 g/mol. The molecule has 36 heavy (non-hydrogen) atoms. The van der Waals surface area contributed by atoms with E-state index >= 15 is 0 Å². The summed E-state index contributed by atoms with van der Waals surface area (Å²) < 4.78 is 38.2. The topological polar surface area (TPSA) is 38.8 Å². The second kappa shape index (κ2) is 9.91. The van der Waals surface area contributed by atoms with E-state index in [0.717, 1.165) is 28.8 Å². The highest BCUT2D eigenvalue weighted by Crippen LogP contribution is 2.43. The Kier molecular flexibility index (Phi) is 6.69. The number of amides is 1. The third kappa shape index (κ3) is 4.33. The third-order valence-corrected chi connectivity index (χ3v) is 7.82. The Balaban J connectivity index is 1.57. The predicted octanol–water partition coefficient (Wildman–Crippen LogP) is 7.15. The van der Waals surface area contributed by atoms with Gasteiger partial charge in [0.25, 0.3) is 5.91 Å². The standard InChI is InChI=1S/C28H22ClF2NO3S/c1-34-23-14-16-11-12-32(27(19(16)15-24(23)35-2)18-5-3-4-6-20(18)29)28(33)26-10-9-25(36-26)17-7-8-21(30)22(31)13-17/h3-10,13-15,27H,11-12H2,1-2H3/t27-/m1/s1. The number of halogens is 3. The number of benzene rings is 3. The van der Waals surface area contributed by atoms with Gasteiger partial charge in [0.1, 0.15) is 0 Å². The molecule has 1 aliphatic heterocycles. The van der Waals surface area contributed by atoms with E-state index < -0.39 is 17.7 Å². The van der Waals surface area contributed by atoms with E-state index in [4.69, 9.17) is 21.1 Å². The highest BCUT2D eigenvalue weighted by Gasteiger charge is 2.35. The number of ether oxygens (including phenoxy) is 2. The van der Waals surface area contributed by atoms with Crippen molar-refractivity contribution in [2.45, 2.75) is 12.5 Å². The number of methoxy groups -OCH3 is 2. The Bertz CT molecular complexity index is 1450. The minimum Gasteiger partial charge on any atom is -0.493 e. The van der Waals surface area contributed by atoms with Crippen LogP contribution in [0.3, 0.4) is 0 Å². The first-order chi connectivity index (χ1) is 17.4. The van der Waals surface area contributed by atoms with Crippen molar-refractivity contribution in [3.63, 3.8) is 0 Å². The summed E-state index contributed by atoms with van der Waals surface area (Å²) in [6.07, 6.45) is 0.629. The highest BCUT2D eigenvalue weighted by molar-refractivity contribution is 7.17. The van der Waals surface area contributed by atoms with Crippen molar-refractivity contribution in [1.82, 2.24) is 4.90 Å². The number of carbonyl (C=O) groups is 1. The second-order valence-corrected chi connectivity index (χ2v) is 9.86. The van der Waals surface area contributed by atoms with Crippen LogP contribution in [0.4, 0.5) is 8.78 Å². The van der Waals surface area contributed by atoms with Crippen LogP contribution in [-0.4, -0.2) is 31.6 Å². The summed E-state index contributed by atoms with van der Waals surface area (Å²) in [7, 11) is 3.17. The molecule has 1 amide bonds. The molecule has 0 aliphatic carbocycles. The number of hydrogen-bond donors (Lipinski definition) is 0. The molecule has 1 aliphatic rings. The zero-order valence-corrected chi connectivity index (χ0v) is 21.1. The average Bonchev–Trinajstić information content (AvgIpc) is 3.39. The Hall–Kier alpha value is -3.42. The van der Waals surface area contributed by atoms with Gasteiger partial charge in [-0.15, -0.1) is 11.3 Å². The van der Waals surface area contributed by atoms with Crippen LogP contribution in [0, 0.1) is 11.6 Å². The second-order valence-electron chi connectivity index (χ2n) is 8.37. The van der Waals surface area contributed by atoms with E-state index in [1.807, 2.05) is 30.3 Å². The summed E-state index contributed by atoms with van der Waals surface area (Å²) in [5.41, 5.74) is 3.28. The number of thiophene rings is 1. The third-order valence-electron chi connectivity index (χ3n) is 6.36. The SMILES string of the molecule is COc1cc2c(cc1OC)[C@@H](c1ccccc1Cl)N(C(=O)c1ccc(-c3ccc(F)c(F)c3)s1)CC2. The summed E-state index contributed by atoms with van der Waals surface area (Å²) in [4.78, 5) is 16.8. The molecule has 0 fully saturated rings. The van der Waals surface area contributed by atoms with E-state index in [1.54, 1.807) is 37.3 Å². The number of rotatable bonds is 5. The van der Waals surface area contributed by atoms with Gasteiger partial charge in [-0.3, -0.25) is 4.79 Å². The summed E-state index contributed by atoms with van der Waals surface area (Å²) in [5, 5.41) is 0.552. The summed E-state index contributed by atoms with van der Waals surface area (Å²) in [6, 6.07) is 18.1. The quantitative estimate of drug-likeness (QED) is 0.278. The summed E-state index contributed by atoms with van der Waals surface area (Å²) in [5.74, 6) is -0.806. The van der Waals surface area contributed by atoms with Crippen molar-refractivity contribution >= 4 is 28.8 Å². The molecule has 0 unspecified atom stereocenters. The number of hydrogen-bond acceptors (Lipinski definition) is 4. The molecule has 0 saturated heterocycles. The fourth-order valence-corrected chi connectivity index (χ4v) is 5.79. The fourth-order valence-electron chi connectivity index (χ4n) is 4.60. The number of fused-ring (bicyclic) bond motifs is 1. The van der Waals surface area contributed by atoms with E-state index in [1.165, 1.54) is 17.4 Å². The van der Waals surface area contributed by atoms with Crippen molar-refractivity contribution < 1.29 is 23.0 Å². The van der Waals surface area contributed by atoms with Gasteiger partial charge in [0, 0.05) is 16.4 Å². The van der Waals surface area contributed by atoms with Gasteiger partial charge in [-0.1, -0.05) is 35.9 Å². The van der Waals surface area contributed by atoms with Gasteiger partial charge in [-0.25, -0.2) is 8.78 Å². The molecule has 184 valence electrons. The average molecular weight is 526 g/mol. The van der Waals surface area contributed by atoms with Gasteiger partial charge in [0.05, 0.1) is 25.1 Å². The minimum absolute atomic E-state index is 0.167. The lowest BCUT2D eigenvalue weighted by Gasteiger charge is -2.38. The van der Waals surface area contributed by atoms with Crippen LogP contribution in [0.15, 0.2) is 66.7 Å². The van der Waals surface area contributed by atoms with Crippen molar-refractivity contribution in [3.8, 4) is 21.9 Å². The monoisotopic (exact) mass is 525 g/mol. The molecule has 8 heteroatoms. The molecule has 0 spiro atoms. The maximum atomic E-state index is 13.9. The highest BCUT2D eigenvalue weighted by atomic mass is 35.5. The summed E-state index contributed by atoms with van der Waals surface area (Å²) in [6.45, 7) is 0.468. The zero-order chi connectivity index (χ0) is 25.4. The van der Waals surface area contributed by atoms with Gasteiger partial charge in [0.2, 0.25) is 0 Å². The van der Waals surface area contributed by atoms with E-state index in [9.17, 15) is 13.6 Å². The Morgan fingerprint density at radius 2 is 1.69 bits per heavy atom. The van der Waals surface area contributed by atoms with Crippen LogP contribution in [0.5, 0.6) is 11.5 Å². The Morgan fingerprint density at radius 1 is 0.944 bits per heavy atom. The maximum absolute atomic E-state index is 13.9. The van der Waals surface area contributed by atoms with Crippen LogP contribution in [0.2, 0.25) is 5.02 Å². The molecule has 1 aromatic heterocycles. The van der Waals surface area contributed by atoms with Gasteiger partial charge < -0.3 is 14.4 Å². The molecule has 2 heterocycles. The molecule has 0 radical (unpaired) electrons. The molecular formula is C28H22ClF2NO3S. The molecule has 0 saturated carbocycles. The number of nitrogens with zero attached hydrogens (tertiary/aromatic N) is 1. The molecule has 4 aromatic rings. The van der Waals surface area contributed by atoms with Crippen LogP contribution in [0.25, 0.3) is 10.4 Å². The van der Waals surface area contributed by atoms with Crippen LogP contribution < -0.4 is 9.47 Å². The first-order valence-corrected chi connectivity index (χ1v) is 12.5.